The maximum atomic E-state index is 14.9. The molecular weight excluding hydrogens is 452 g/mol. The molecule has 10 heteroatoms. The fraction of sp³-hybridized carbons (Fsp3) is 0.381. The van der Waals surface area contributed by atoms with E-state index in [9.17, 15) is 27.1 Å². The molecule has 0 spiro atoms. The first-order valence-corrected chi connectivity index (χ1v) is 11.5. The molecule has 2 aromatic rings. The van der Waals surface area contributed by atoms with Crippen LogP contribution in [-0.2, 0) is 19.3 Å². The molecule has 1 aliphatic rings. The predicted molar refractivity (Wildman–Crippen MR) is 111 cm³/mol. The van der Waals surface area contributed by atoms with Crippen molar-refractivity contribution in [3.63, 3.8) is 0 Å². The maximum absolute atomic E-state index is 14.9. The van der Waals surface area contributed by atoms with Gasteiger partial charge in [0.2, 0.25) is 0 Å². The minimum Gasteiger partial charge on any atom is -0.449 e. The fourth-order valence-electron chi connectivity index (χ4n) is 3.74. The van der Waals surface area contributed by atoms with E-state index in [1.807, 2.05) is 0 Å². The molecule has 2 atom stereocenters. The van der Waals surface area contributed by atoms with Crippen molar-refractivity contribution in [1.29, 1.82) is 0 Å². The van der Waals surface area contributed by atoms with Crippen molar-refractivity contribution in [2.45, 2.75) is 35.5 Å². The Morgan fingerprint density at radius 1 is 1.26 bits per heavy atom. The molecule has 1 aliphatic heterocycles. The molecule has 1 saturated heterocycles. The summed E-state index contributed by atoms with van der Waals surface area (Å²) in [6, 6.07) is 7.51. The summed E-state index contributed by atoms with van der Waals surface area (Å²) in [5.74, 6) is -1.89. The van der Waals surface area contributed by atoms with Crippen molar-refractivity contribution in [2.24, 2.45) is 0 Å². The van der Waals surface area contributed by atoms with Gasteiger partial charge in [-0.2, -0.15) is 0 Å². The van der Waals surface area contributed by atoms with Gasteiger partial charge in [-0.05, 0) is 55.3 Å². The number of aliphatic hydroxyl groups is 1. The van der Waals surface area contributed by atoms with E-state index in [0.29, 0.717) is 6.42 Å². The van der Waals surface area contributed by atoms with Crippen molar-refractivity contribution in [3.8, 4) is 0 Å². The molecule has 31 heavy (non-hydrogen) atoms. The Morgan fingerprint density at radius 3 is 2.58 bits per heavy atom. The second-order valence-electron chi connectivity index (χ2n) is 7.31. The highest BCUT2D eigenvalue weighted by atomic mass is 35.5. The van der Waals surface area contributed by atoms with Gasteiger partial charge in [0.1, 0.15) is 16.4 Å². The smallest absolute Gasteiger partial charge is 0.409 e. The highest BCUT2D eigenvalue weighted by molar-refractivity contribution is 7.92. The largest absolute Gasteiger partial charge is 0.449 e. The number of likely N-dealkylation sites (tertiary alicyclic amines) is 1. The van der Waals surface area contributed by atoms with Crippen LogP contribution >= 0.6 is 11.6 Å². The van der Waals surface area contributed by atoms with Crippen molar-refractivity contribution < 1.29 is 31.8 Å². The molecule has 0 radical (unpaired) electrons. The summed E-state index contributed by atoms with van der Waals surface area (Å²) in [5.41, 5.74) is -0.553. The first-order valence-electron chi connectivity index (χ1n) is 9.69. The van der Waals surface area contributed by atoms with Gasteiger partial charge in [0.05, 0.1) is 24.2 Å². The number of hydrogen-bond donors (Lipinski definition) is 1. The van der Waals surface area contributed by atoms with Gasteiger partial charge < -0.3 is 14.7 Å². The lowest BCUT2D eigenvalue weighted by molar-refractivity contribution is 0.0295. The second-order valence-corrected chi connectivity index (χ2v) is 9.95. The standard InChI is InChI=1S/C21H22ClF2NO5S/c1-2-11-30-20(27)25-10-9-19(26)21(13-25,17-12-15(23)5-8-18(17)24)31(28,29)16-6-3-14(22)4-7-16/h3-8,12,19,26H,2,9-11,13H2,1H3. The quantitative estimate of drug-likeness (QED) is 0.712. The fourth-order valence-corrected chi connectivity index (χ4v) is 6.02. The minimum absolute atomic E-state index is 0.00145. The average Bonchev–Trinajstić information content (AvgIpc) is 2.74. The number of amides is 1. The van der Waals surface area contributed by atoms with Crippen molar-refractivity contribution in [3.05, 3.63) is 64.7 Å². The number of carbonyl (C=O) groups is 1. The van der Waals surface area contributed by atoms with E-state index >= 15 is 0 Å². The molecule has 0 saturated carbocycles. The zero-order valence-electron chi connectivity index (χ0n) is 16.7. The second kappa shape index (κ2) is 9.10. The van der Waals surface area contributed by atoms with Crippen LogP contribution in [-0.4, -0.2) is 50.3 Å². The van der Waals surface area contributed by atoms with Gasteiger partial charge in [0, 0.05) is 17.1 Å². The molecule has 1 N–H and O–H groups in total. The number of nitrogens with zero attached hydrogens (tertiary/aromatic N) is 1. The van der Waals surface area contributed by atoms with E-state index in [1.54, 1.807) is 6.92 Å². The van der Waals surface area contributed by atoms with Gasteiger partial charge in [0.25, 0.3) is 0 Å². The van der Waals surface area contributed by atoms with Crippen LogP contribution in [0.3, 0.4) is 0 Å². The zero-order chi connectivity index (χ0) is 22.8. The molecule has 3 rings (SSSR count). The van der Waals surface area contributed by atoms with E-state index in [0.717, 1.165) is 23.1 Å². The van der Waals surface area contributed by atoms with Crippen LogP contribution in [0.25, 0.3) is 0 Å². The molecule has 0 aliphatic carbocycles. The topological polar surface area (TPSA) is 83.9 Å². The summed E-state index contributed by atoms with van der Waals surface area (Å²) >= 11 is 5.86. The first-order chi connectivity index (χ1) is 14.6. The third-order valence-electron chi connectivity index (χ3n) is 5.31. The lowest BCUT2D eigenvalue weighted by Crippen LogP contribution is -2.60. The SMILES string of the molecule is CCCOC(=O)N1CCC(O)C(c2cc(F)ccc2F)(S(=O)(=O)c2ccc(Cl)cc2)C1. The van der Waals surface area contributed by atoms with Crippen molar-refractivity contribution in [1.82, 2.24) is 4.90 Å². The Hall–Kier alpha value is -2.23. The first kappa shape index (κ1) is 23.4. The van der Waals surface area contributed by atoms with E-state index in [2.05, 4.69) is 0 Å². The Balaban J connectivity index is 2.22. The van der Waals surface area contributed by atoms with Crippen LogP contribution in [0.1, 0.15) is 25.3 Å². The van der Waals surface area contributed by atoms with Gasteiger partial charge in [-0.1, -0.05) is 18.5 Å². The van der Waals surface area contributed by atoms with E-state index in [4.69, 9.17) is 16.3 Å². The van der Waals surface area contributed by atoms with Crippen LogP contribution in [0.15, 0.2) is 47.4 Å². The van der Waals surface area contributed by atoms with Gasteiger partial charge >= 0.3 is 6.09 Å². The molecule has 1 heterocycles. The molecule has 1 fully saturated rings. The maximum Gasteiger partial charge on any atom is 0.409 e. The molecule has 0 aromatic heterocycles. The number of hydrogen-bond acceptors (Lipinski definition) is 5. The number of benzene rings is 2. The Morgan fingerprint density at radius 2 is 1.94 bits per heavy atom. The lowest BCUT2D eigenvalue weighted by atomic mass is 9.86. The summed E-state index contributed by atoms with van der Waals surface area (Å²) < 4.78 is 59.4. The molecule has 0 bridgehead atoms. The number of carbonyl (C=O) groups excluding carboxylic acids is 1. The van der Waals surface area contributed by atoms with Gasteiger partial charge in [-0.3, -0.25) is 0 Å². The highest BCUT2D eigenvalue weighted by Crippen LogP contribution is 2.44. The number of rotatable bonds is 5. The number of halogens is 3. The molecule has 2 aromatic carbocycles. The molecule has 6 nitrogen and oxygen atoms in total. The molecule has 1 amide bonds. The molecule has 2 unspecified atom stereocenters. The van der Waals surface area contributed by atoms with E-state index in [-0.39, 0.29) is 29.5 Å². The van der Waals surface area contributed by atoms with E-state index < -0.39 is 50.5 Å². The van der Waals surface area contributed by atoms with Gasteiger partial charge in [0.15, 0.2) is 9.84 Å². The summed E-state index contributed by atoms with van der Waals surface area (Å²) in [6.45, 7) is 1.30. The lowest BCUT2D eigenvalue weighted by Gasteiger charge is -2.45. The Bertz CT molecular complexity index is 1060. The summed E-state index contributed by atoms with van der Waals surface area (Å²) in [6.07, 6.45) is -2.03. The van der Waals surface area contributed by atoms with Gasteiger partial charge in [-0.15, -0.1) is 0 Å². The predicted octanol–water partition coefficient (Wildman–Crippen LogP) is 3.90. The number of aliphatic hydroxyl groups excluding tert-OH is 1. The number of ether oxygens (including phenoxy) is 1. The summed E-state index contributed by atoms with van der Waals surface area (Å²) in [7, 11) is -4.53. The summed E-state index contributed by atoms with van der Waals surface area (Å²) in [5, 5.41) is 11.2. The van der Waals surface area contributed by atoms with Crippen LogP contribution in [0.4, 0.5) is 13.6 Å². The molecule has 168 valence electrons. The van der Waals surface area contributed by atoms with Crippen molar-refractivity contribution in [2.75, 3.05) is 19.7 Å². The summed E-state index contributed by atoms with van der Waals surface area (Å²) in [4.78, 5) is 13.3. The Kier molecular flexibility index (Phi) is 6.88. The number of sulfone groups is 1. The van der Waals surface area contributed by atoms with Crippen LogP contribution in [0.2, 0.25) is 5.02 Å². The van der Waals surface area contributed by atoms with E-state index in [1.165, 1.54) is 24.3 Å². The third kappa shape index (κ3) is 4.26. The monoisotopic (exact) mass is 473 g/mol. The Labute approximate surface area is 184 Å². The third-order valence-corrected chi connectivity index (χ3v) is 8.04. The highest BCUT2D eigenvalue weighted by Gasteiger charge is 2.57. The van der Waals surface area contributed by atoms with Crippen LogP contribution in [0.5, 0.6) is 0 Å². The average molecular weight is 474 g/mol. The minimum atomic E-state index is -4.53. The normalized spacial score (nSPS) is 21.7. The number of piperidine rings is 1. The molecular formula is C21H22ClF2NO5S. The van der Waals surface area contributed by atoms with Gasteiger partial charge in [-0.25, -0.2) is 22.0 Å². The van der Waals surface area contributed by atoms with Crippen LogP contribution < -0.4 is 0 Å². The van der Waals surface area contributed by atoms with Crippen molar-refractivity contribution >= 4 is 27.5 Å². The zero-order valence-corrected chi connectivity index (χ0v) is 18.3. The van der Waals surface area contributed by atoms with Crippen LogP contribution in [0, 0.1) is 11.6 Å².